The van der Waals surface area contributed by atoms with Crippen LogP contribution >= 0.6 is 0 Å². The Labute approximate surface area is 153 Å². The number of ether oxygens (including phenoxy) is 3. The Hall–Kier alpha value is -2.61. The van der Waals surface area contributed by atoms with E-state index in [1.54, 1.807) is 18.2 Å². The summed E-state index contributed by atoms with van der Waals surface area (Å²) >= 11 is 0. The van der Waals surface area contributed by atoms with E-state index in [9.17, 15) is 14.4 Å². The van der Waals surface area contributed by atoms with Crippen LogP contribution in [0, 0.1) is 0 Å². The SMILES string of the molecule is CCOCc1cc(C(=O)OCC(=O)NCC(=O)NC(C)C)ccc1OC. The van der Waals surface area contributed by atoms with Crippen molar-refractivity contribution in [1.82, 2.24) is 10.6 Å². The number of hydrogen-bond acceptors (Lipinski definition) is 6. The third-order valence-electron chi connectivity index (χ3n) is 3.21. The Morgan fingerprint density at radius 1 is 1.15 bits per heavy atom. The van der Waals surface area contributed by atoms with E-state index >= 15 is 0 Å². The summed E-state index contributed by atoms with van der Waals surface area (Å²) in [4.78, 5) is 35.2. The van der Waals surface area contributed by atoms with E-state index in [1.807, 2.05) is 20.8 Å². The zero-order chi connectivity index (χ0) is 19.5. The third kappa shape index (κ3) is 7.52. The van der Waals surface area contributed by atoms with Crippen molar-refractivity contribution in [2.45, 2.75) is 33.4 Å². The zero-order valence-corrected chi connectivity index (χ0v) is 15.6. The monoisotopic (exact) mass is 366 g/mol. The molecular formula is C18H26N2O6. The molecular weight excluding hydrogens is 340 g/mol. The minimum Gasteiger partial charge on any atom is -0.496 e. The third-order valence-corrected chi connectivity index (χ3v) is 3.21. The molecule has 0 aliphatic carbocycles. The second-order valence-corrected chi connectivity index (χ2v) is 5.74. The molecule has 8 nitrogen and oxygen atoms in total. The van der Waals surface area contributed by atoms with Crippen molar-refractivity contribution in [2.24, 2.45) is 0 Å². The van der Waals surface area contributed by atoms with E-state index in [1.165, 1.54) is 7.11 Å². The number of rotatable bonds is 10. The maximum Gasteiger partial charge on any atom is 0.338 e. The van der Waals surface area contributed by atoms with E-state index < -0.39 is 18.5 Å². The molecule has 2 amide bonds. The maximum absolute atomic E-state index is 12.1. The van der Waals surface area contributed by atoms with Crippen LogP contribution < -0.4 is 15.4 Å². The molecule has 8 heteroatoms. The number of esters is 1. The molecule has 0 saturated heterocycles. The molecule has 1 aromatic carbocycles. The van der Waals surface area contributed by atoms with E-state index in [0.29, 0.717) is 24.5 Å². The summed E-state index contributed by atoms with van der Waals surface area (Å²) in [5.74, 6) is -0.910. The van der Waals surface area contributed by atoms with Crippen LogP contribution in [0.25, 0.3) is 0 Å². The van der Waals surface area contributed by atoms with Crippen molar-refractivity contribution in [1.29, 1.82) is 0 Å². The molecule has 2 N–H and O–H groups in total. The Bertz CT molecular complexity index is 630. The zero-order valence-electron chi connectivity index (χ0n) is 15.6. The first kappa shape index (κ1) is 21.4. The number of carbonyl (C=O) groups excluding carboxylic acids is 3. The van der Waals surface area contributed by atoms with Crippen LogP contribution in [-0.2, 0) is 25.7 Å². The first-order chi connectivity index (χ1) is 12.4. The van der Waals surface area contributed by atoms with Gasteiger partial charge in [-0.2, -0.15) is 0 Å². The van der Waals surface area contributed by atoms with Crippen molar-refractivity contribution >= 4 is 17.8 Å². The van der Waals surface area contributed by atoms with Crippen molar-refractivity contribution in [3.8, 4) is 5.75 Å². The highest BCUT2D eigenvalue weighted by Gasteiger charge is 2.14. The van der Waals surface area contributed by atoms with Gasteiger partial charge in [-0.15, -0.1) is 0 Å². The van der Waals surface area contributed by atoms with E-state index in [0.717, 1.165) is 0 Å². The van der Waals surface area contributed by atoms with Crippen molar-refractivity contribution in [3.05, 3.63) is 29.3 Å². The quantitative estimate of drug-likeness (QED) is 0.600. The minimum atomic E-state index is -0.646. The maximum atomic E-state index is 12.1. The van der Waals surface area contributed by atoms with Crippen LogP contribution in [0.5, 0.6) is 5.75 Å². The molecule has 0 aliphatic rings. The summed E-state index contributed by atoms with van der Waals surface area (Å²) in [5, 5.41) is 5.02. The highest BCUT2D eigenvalue weighted by atomic mass is 16.5. The number of carbonyl (C=O) groups is 3. The van der Waals surface area contributed by atoms with Crippen molar-refractivity contribution in [3.63, 3.8) is 0 Å². The topological polar surface area (TPSA) is 103 Å². The molecule has 0 heterocycles. The molecule has 0 unspecified atom stereocenters. The van der Waals surface area contributed by atoms with Gasteiger partial charge in [-0.05, 0) is 39.0 Å². The predicted octanol–water partition coefficient (Wildman–Crippen LogP) is 1.03. The molecule has 0 bridgehead atoms. The fraction of sp³-hybridized carbons (Fsp3) is 0.500. The lowest BCUT2D eigenvalue weighted by atomic mass is 10.1. The van der Waals surface area contributed by atoms with Crippen LogP contribution in [0.1, 0.15) is 36.7 Å². The smallest absolute Gasteiger partial charge is 0.338 e. The fourth-order valence-electron chi connectivity index (χ4n) is 2.05. The molecule has 144 valence electrons. The Balaban J connectivity index is 2.54. The Morgan fingerprint density at radius 3 is 2.50 bits per heavy atom. The molecule has 0 aromatic heterocycles. The van der Waals surface area contributed by atoms with Gasteiger partial charge in [0.05, 0.1) is 25.8 Å². The Morgan fingerprint density at radius 2 is 1.88 bits per heavy atom. The first-order valence-electron chi connectivity index (χ1n) is 8.35. The van der Waals surface area contributed by atoms with Gasteiger partial charge < -0.3 is 24.8 Å². The van der Waals surface area contributed by atoms with E-state index in [-0.39, 0.29) is 24.1 Å². The molecule has 0 saturated carbocycles. The lowest BCUT2D eigenvalue weighted by Crippen LogP contribution is -2.41. The molecule has 26 heavy (non-hydrogen) atoms. The van der Waals surface area contributed by atoms with Crippen LogP contribution in [0.15, 0.2) is 18.2 Å². The molecule has 0 radical (unpaired) electrons. The molecule has 0 fully saturated rings. The second-order valence-electron chi connectivity index (χ2n) is 5.74. The summed E-state index contributed by atoms with van der Waals surface area (Å²) in [7, 11) is 1.53. The first-order valence-corrected chi connectivity index (χ1v) is 8.35. The van der Waals surface area contributed by atoms with Gasteiger partial charge in [0.15, 0.2) is 6.61 Å². The fourth-order valence-corrected chi connectivity index (χ4v) is 2.05. The molecule has 0 spiro atoms. The van der Waals surface area contributed by atoms with Crippen molar-refractivity contribution in [2.75, 3.05) is 26.9 Å². The van der Waals surface area contributed by atoms with Crippen LogP contribution in [0.4, 0.5) is 0 Å². The van der Waals surface area contributed by atoms with Gasteiger partial charge in [-0.1, -0.05) is 0 Å². The minimum absolute atomic E-state index is 0.0156. The standard InChI is InChI=1S/C18H26N2O6/c1-5-25-10-14-8-13(6-7-15(14)24-4)18(23)26-11-17(22)19-9-16(21)20-12(2)3/h6-8,12H,5,9-11H2,1-4H3,(H,19,22)(H,20,21). The number of nitrogens with one attached hydrogen (secondary N) is 2. The predicted molar refractivity (Wildman–Crippen MR) is 94.9 cm³/mol. The lowest BCUT2D eigenvalue weighted by Gasteiger charge is -2.11. The van der Waals surface area contributed by atoms with E-state index in [4.69, 9.17) is 14.2 Å². The van der Waals surface area contributed by atoms with Gasteiger partial charge in [0.25, 0.3) is 5.91 Å². The summed E-state index contributed by atoms with van der Waals surface area (Å²) in [6, 6.07) is 4.77. The lowest BCUT2D eigenvalue weighted by molar-refractivity contribution is -0.128. The van der Waals surface area contributed by atoms with Crippen LogP contribution in [0.3, 0.4) is 0 Å². The van der Waals surface area contributed by atoms with Gasteiger partial charge in [0.2, 0.25) is 5.91 Å². The average Bonchev–Trinajstić information content (AvgIpc) is 2.61. The summed E-state index contributed by atoms with van der Waals surface area (Å²) in [6.45, 7) is 5.68. The van der Waals surface area contributed by atoms with Crippen molar-refractivity contribution < 1.29 is 28.6 Å². The molecule has 0 aliphatic heterocycles. The largest absolute Gasteiger partial charge is 0.496 e. The van der Waals surface area contributed by atoms with E-state index in [2.05, 4.69) is 10.6 Å². The molecule has 1 rings (SSSR count). The molecule has 0 atom stereocenters. The summed E-state index contributed by atoms with van der Waals surface area (Å²) in [5.41, 5.74) is 0.990. The summed E-state index contributed by atoms with van der Waals surface area (Å²) in [6.07, 6.45) is 0. The highest BCUT2D eigenvalue weighted by Crippen LogP contribution is 2.21. The number of benzene rings is 1. The molecule has 1 aromatic rings. The summed E-state index contributed by atoms with van der Waals surface area (Å²) < 4.78 is 15.5. The van der Waals surface area contributed by atoms with Gasteiger partial charge in [0, 0.05) is 18.2 Å². The van der Waals surface area contributed by atoms with Crippen LogP contribution in [0.2, 0.25) is 0 Å². The number of hydrogen-bond donors (Lipinski definition) is 2. The normalized spacial score (nSPS) is 10.3. The van der Waals surface area contributed by atoms with Gasteiger partial charge in [0.1, 0.15) is 5.75 Å². The highest BCUT2D eigenvalue weighted by molar-refractivity contribution is 5.92. The average molecular weight is 366 g/mol. The van der Waals surface area contributed by atoms with Gasteiger partial charge in [-0.3, -0.25) is 9.59 Å². The van der Waals surface area contributed by atoms with Gasteiger partial charge in [-0.25, -0.2) is 4.79 Å². The van der Waals surface area contributed by atoms with Gasteiger partial charge >= 0.3 is 5.97 Å². The number of amides is 2. The second kappa shape index (κ2) is 11.1. The number of methoxy groups -OCH3 is 1. The van der Waals surface area contributed by atoms with Crippen LogP contribution in [-0.4, -0.2) is 50.7 Å². The Kier molecular flexibility index (Phi) is 9.14.